The summed E-state index contributed by atoms with van der Waals surface area (Å²) >= 11 is 0. The molecule has 0 bridgehead atoms. The quantitative estimate of drug-likeness (QED) is 0.299. The fourth-order valence-electron chi connectivity index (χ4n) is 0. The van der Waals surface area contributed by atoms with Crippen LogP contribution in [0.3, 0.4) is 0 Å². The molecule has 0 fully saturated rings. The molecule has 0 heterocycles. The van der Waals surface area contributed by atoms with Crippen LogP contribution in [-0.2, 0) is 22.4 Å². The summed E-state index contributed by atoms with van der Waals surface area (Å²) in [4.78, 5) is 0. The van der Waals surface area contributed by atoms with Gasteiger partial charge in [0.15, 0.2) is 0 Å². The Morgan fingerprint density at radius 1 is 1.40 bits per heavy atom. The van der Waals surface area contributed by atoms with Gasteiger partial charge in [0.1, 0.15) is 0 Å². The molecule has 0 saturated heterocycles. The van der Waals surface area contributed by atoms with Crippen molar-refractivity contribution < 1.29 is 56.2 Å². The summed E-state index contributed by atoms with van der Waals surface area (Å²) in [5, 5.41) is 0. The third-order valence-electron chi connectivity index (χ3n) is 0. The third kappa shape index (κ3) is 18.3. The summed E-state index contributed by atoms with van der Waals surface area (Å²) in [6.45, 7) is 0. The van der Waals surface area contributed by atoms with Crippen molar-refractivity contribution in [2.75, 3.05) is 0 Å². The predicted octanol–water partition coefficient (Wildman–Crippen LogP) is -3.90. The van der Waals surface area contributed by atoms with Crippen molar-refractivity contribution in [1.29, 1.82) is 0 Å². The van der Waals surface area contributed by atoms with Crippen molar-refractivity contribution >= 4 is 56.4 Å². The summed E-state index contributed by atoms with van der Waals surface area (Å²) in [5.74, 6) is 0. The van der Waals surface area contributed by atoms with Crippen LogP contribution in [-0.4, -0.2) is 47.6 Å². The Morgan fingerprint density at radius 2 is 1.40 bits per heavy atom. The van der Waals surface area contributed by atoms with E-state index in [0.717, 1.165) is 0 Å². The van der Waals surface area contributed by atoms with Gasteiger partial charge < -0.3 is 4.28 Å². The first-order valence-electron chi connectivity index (χ1n) is 0.577. The van der Waals surface area contributed by atoms with Crippen molar-refractivity contribution in [3.05, 3.63) is 0 Å². The maximum absolute atomic E-state index is 2.56. The molecule has 5 heavy (non-hydrogen) atoms. The molecule has 1 unspecified atom stereocenters. The smallest absolute Gasteiger partial charge is 1.00 e. The topological polar surface area (TPSA) is 0 Å². The third-order valence-corrected chi connectivity index (χ3v) is 0. The first-order chi connectivity index (χ1) is 1.00. The zero-order valence-electron chi connectivity index (χ0n) is 6.59. The SMILES string of the molecule is [Ag].[Ca+2].[H-].[H-].[H-].[Na+].[SiH3]P. The van der Waals surface area contributed by atoms with Crippen molar-refractivity contribution in [3.8, 4) is 0 Å². The van der Waals surface area contributed by atoms with Gasteiger partial charge in [0.25, 0.3) is 0 Å². The van der Waals surface area contributed by atoms with Gasteiger partial charge in [0.05, 0.1) is 0 Å². The molecule has 0 N–H and O–H groups in total. The van der Waals surface area contributed by atoms with Gasteiger partial charge in [-0.05, 0) is 0 Å². The Morgan fingerprint density at radius 3 is 1.40 bits per heavy atom. The molecule has 1 radical (unpaired) electrons. The van der Waals surface area contributed by atoms with Gasteiger partial charge in [-0.15, -0.1) is 0 Å². The van der Waals surface area contributed by atoms with Gasteiger partial charge in [0.2, 0.25) is 0 Å². The standard InChI is InChI=1S/Ag.Ca.Na.H5PSi.3H/c;;;1-2;;;/h;;;1H2,2H3;;;/q;+2;+1;;3*-1. The number of rotatable bonds is 0. The van der Waals surface area contributed by atoms with E-state index in [0.29, 0.717) is 0 Å². The fourth-order valence-corrected chi connectivity index (χ4v) is 0. The van der Waals surface area contributed by atoms with Gasteiger partial charge in [0, 0.05) is 32.3 Å². The van der Waals surface area contributed by atoms with Crippen LogP contribution in [0.5, 0.6) is 0 Å². The van der Waals surface area contributed by atoms with E-state index < -0.39 is 0 Å². The molecule has 0 aliphatic heterocycles. The average molecular weight is 238 g/mol. The van der Waals surface area contributed by atoms with Crippen LogP contribution in [0.15, 0.2) is 0 Å². The first kappa shape index (κ1) is 23.4. The van der Waals surface area contributed by atoms with E-state index in [4.69, 9.17) is 0 Å². The molecule has 0 aliphatic rings. The second-order valence-electron chi connectivity index (χ2n) is 0. The average Bonchev–Trinajstić information content (AvgIpc) is 1.00. The Kier molecular flexibility index (Phi) is 119. The van der Waals surface area contributed by atoms with Crippen LogP contribution in [0, 0.1) is 0 Å². The van der Waals surface area contributed by atoms with E-state index in [2.05, 4.69) is 8.79 Å². The van der Waals surface area contributed by atoms with Gasteiger partial charge in [-0.1, -0.05) is 0 Å². The zero-order valence-corrected chi connectivity index (χ0v) is 12.4. The summed E-state index contributed by atoms with van der Waals surface area (Å²) in [5.41, 5.74) is 0. The molecule has 0 saturated carbocycles. The predicted molar refractivity (Wildman–Crippen MR) is 28.7 cm³/mol. The molecule has 0 aromatic heterocycles. The Hall–Kier alpha value is 3.65. The van der Waals surface area contributed by atoms with E-state index in [1.165, 1.54) is 9.91 Å². The van der Waals surface area contributed by atoms with E-state index in [-0.39, 0.29) is 94.0 Å². The van der Waals surface area contributed by atoms with Crippen molar-refractivity contribution in [3.63, 3.8) is 0 Å². The largest absolute Gasteiger partial charge is 2.00 e. The minimum Gasteiger partial charge on any atom is -1.00 e. The molecule has 0 amide bonds. The molecule has 5 heteroatoms. The van der Waals surface area contributed by atoms with Crippen molar-refractivity contribution in [2.45, 2.75) is 0 Å². The Labute approximate surface area is 110 Å². The van der Waals surface area contributed by atoms with Gasteiger partial charge >= 0.3 is 67.3 Å². The maximum atomic E-state index is 2.56. The van der Waals surface area contributed by atoms with E-state index in [1.807, 2.05) is 0 Å². The minimum absolute atomic E-state index is 0. The number of hydrogen-bond acceptors (Lipinski definition) is 0. The van der Waals surface area contributed by atoms with Gasteiger partial charge in [-0.3, -0.25) is 0 Å². The van der Waals surface area contributed by atoms with Crippen LogP contribution >= 0.6 is 8.79 Å². The van der Waals surface area contributed by atoms with Gasteiger partial charge in [-0.2, -0.15) is 8.79 Å². The Balaban J connectivity index is -0.000000000333. The summed E-state index contributed by atoms with van der Waals surface area (Å²) in [6.07, 6.45) is 0. The second kappa shape index (κ2) is 25.4. The fraction of sp³-hybridized carbons (Fsp3) is 0. The van der Waals surface area contributed by atoms with Gasteiger partial charge in [-0.25, -0.2) is 0 Å². The molecule has 31 valence electrons. The minimum atomic E-state index is 0. The molecule has 0 spiro atoms. The Bertz CT molecular complexity index is 19.2. The zero-order chi connectivity index (χ0) is 2.00. The molecule has 0 aromatic carbocycles. The normalized spacial score (nSPS) is 1.80. The van der Waals surface area contributed by atoms with E-state index in [9.17, 15) is 0 Å². The number of hydrogen-bond donors (Lipinski definition) is 0. The molecule has 0 aromatic rings. The summed E-state index contributed by atoms with van der Waals surface area (Å²) in [6, 6.07) is 0. The second-order valence-corrected chi connectivity index (χ2v) is 0. The van der Waals surface area contributed by atoms with Crippen LogP contribution < -0.4 is 29.6 Å². The molecule has 1 atom stereocenters. The van der Waals surface area contributed by atoms with E-state index in [1.54, 1.807) is 0 Å². The summed E-state index contributed by atoms with van der Waals surface area (Å²) < 4.78 is 0. The monoisotopic (exact) mass is 237 g/mol. The van der Waals surface area contributed by atoms with Crippen LogP contribution in [0.4, 0.5) is 0 Å². The molecule has 0 nitrogen and oxygen atoms in total. The van der Waals surface area contributed by atoms with E-state index >= 15 is 0 Å². The van der Waals surface area contributed by atoms with Crippen LogP contribution in [0.25, 0.3) is 0 Å². The molecule has 0 aliphatic carbocycles. The van der Waals surface area contributed by atoms with Crippen LogP contribution in [0.1, 0.15) is 4.28 Å². The molecular weight excluding hydrogens is 230 g/mol. The van der Waals surface area contributed by atoms with Crippen molar-refractivity contribution in [2.24, 2.45) is 0 Å². The van der Waals surface area contributed by atoms with Crippen molar-refractivity contribution in [1.82, 2.24) is 0 Å². The maximum Gasteiger partial charge on any atom is 2.00 e. The molecular formula is H8AgCaNaPSi. The summed E-state index contributed by atoms with van der Waals surface area (Å²) in [7, 11) is 3.78. The first-order valence-corrected chi connectivity index (χ1v) is 5.20. The van der Waals surface area contributed by atoms with Crippen LogP contribution in [0.2, 0.25) is 0 Å². The molecule has 0 rings (SSSR count).